The van der Waals surface area contributed by atoms with E-state index in [9.17, 15) is 4.79 Å². The van der Waals surface area contributed by atoms with Crippen molar-refractivity contribution in [2.24, 2.45) is 0 Å². The van der Waals surface area contributed by atoms with Gasteiger partial charge in [0.05, 0.1) is 18.4 Å². The molecule has 0 amide bonds. The lowest BCUT2D eigenvalue weighted by Crippen LogP contribution is -2.12. The van der Waals surface area contributed by atoms with Gasteiger partial charge in [0.15, 0.2) is 0 Å². The third kappa shape index (κ3) is 2.48. The van der Waals surface area contributed by atoms with E-state index in [0.717, 1.165) is 26.9 Å². The van der Waals surface area contributed by atoms with Gasteiger partial charge in [0, 0.05) is 26.6 Å². The maximum Gasteiger partial charge on any atom is 0.211 e. The Morgan fingerprint density at radius 1 is 1.11 bits per heavy atom. The van der Waals surface area contributed by atoms with Gasteiger partial charge in [-0.25, -0.2) is 4.68 Å². The molecule has 27 heavy (non-hydrogen) atoms. The molecule has 0 saturated heterocycles. The second kappa shape index (κ2) is 6.03. The minimum absolute atomic E-state index is 0.0765. The molecule has 0 radical (unpaired) electrons. The van der Waals surface area contributed by atoms with E-state index in [1.54, 1.807) is 10.9 Å². The van der Waals surface area contributed by atoms with Crippen LogP contribution in [0.3, 0.4) is 0 Å². The number of para-hydroxylation sites is 1. The first-order chi connectivity index (χ1) is 13.1. The number of hydrogen-bond donors (Lipinski definition) is 0. The molecule has 132 valence electrons. The van der Waals surface area contributed by atoms with Crippen LogP contribution >= 0.6 is 15.9 Å². The van der Waals surface area contributed by atoms with E-state index in [0.29, 0.717) is 17.8 Å². The van der Waals surface area contributed by atoms with Crippen LogP contribution in [0.15, 0.2) is 59.2 Å². The SMILES string of the molecule is Cc1c2n(c3ccccc13)Cc1cnnn1C(C(=O)c1ccc(Br)cc1)=C2. The van der Waals surface area contributed by atoms with Gasteiger partial charge in [0.1, 0.15) is 5.70 Å². The number of aryl methyl sites for hydroxylation is 1. The number of allylic oxidation sites excluding steroid dienone is 1. The zero-order chi connectivity index (χ0) is 18.5. The van der Waals surface area contributed by atoms with Crippen molar-refractivity contribution >= 4 is 44.4 Å². The minimum atomic E-state index is -0.0765. The van der Waals surface area contributed by atoms with Gasteiger partial charge in [-0.1, -0.05) is 39.3 Å². The van der Waals surface area contributed by atoms with E-state index in [2.05, 4.69) is 49.9 Å². The summed E-state index contributed by atoms with van der Waals surface area (Å²) in [6, 6.07) is 15.7. The van der Waals surface area contributed by atoms with Gasteiger partial charge in [-0.05, 0) is 48.9 Å². The molecule has 3 heterocycles. The summed E-state index contributed by atoms with van der Waals surface area (Å²) in [5.41, 5.74) is 5.34. The Bertz CT molecular complexity index is 1230. The molecule has 1 aliphatic rings. The molecule has 6 heteroatoms. The van der Waals surface area contributed by atoms with Crippen molar-refractivity contribution in [2.75, 3.05) is 0 Å². The Hall–Kier alpha value is -2.99. The molecule has 2 aromatic carbocycles. The Balaban J connectivity index is 1.76. The number of rotatable bonds is 2. The Kier molecular flexibility index (Phi) is 3.62. The normalized spacial score (nSPS) is 13.0. The van der Waals surface area contributed by atoms with Crippen molar-refractivity contribution < 1.29 is 4.79 Å². The minimum Gasteiger partial charge on any atom is -0.335 e. The lowest BCUT2D eigenvalue weighted by atomic mass is 10.1. The summed E-state index contributed by atoms with van der Waals surface area (Å²) in [4.78, 5) is 13.3. The molecule has 0 spiro atoms. The van der Waals surface area contributed by atoms with Crippen molar-refractivity contribution in [3.63, 3.8) is 0 Å². The molecule has 0 fully saturated rings. The molecule has 0 atom stereocenters. The number of fused-ring (bicyclic) bond motifs is 4. The van der Waals surface area contributed by atoms with Gasteiger partial charge in [-0.15, -0.1) is 5.10 Å². The van der Waals surface area contributed by atoms with E-state index < -0.39 is 0 Å². The number of nitrogens with zero attached hydrogens (tertiary/aromatic N) is 4. The van der Waals surface area contributed by atoms with Crippen LogP contribution < -0.4 is 0 Å². The molecule has 0 aliphatic carbocycles. The number of benzene rings is 2. The fourth-order valence-corrected chi connectivity index (χ4v) is 3.95. The van der Waals surface area contributed by atoms with E-state index >= 15 is 0 Å². The lowest BCUT2D eigenvalue weighted by Gasteiger charge is -2.08. The first-order valence-electron chi connectivity index (χ1n) is 8.63. The standard InChI is InChI=1S/C21H15BrN4O/c1-13-17-4-2-3-5-18(17)25-12-16-11-23-24-26(16)20(10-19(13)25)21(27)14-6-8-15(22)9-7-14/h2-11H,12H2,1H3. The number of hydrogen-bond acceptors (Lipinski definition) is 3. The highest BCUT2D eigenvalue weighted by molar-refractivity contribution is 9.10. The highest BCUT2D eigenvalue weighted by Gasteiger charge is 2.24. The maximum absolute atomic E-state index is 13.3. The summed E-state index contributed by atoms with van der Waals surface area (Å²) >= 11 is 3.42. The lowest BCUT2D eigenvalue weighted by molar-refractivity contribution is 0.105. The summed E-state index contributed by atoms with van der Waals surface area (Å²) < 4.78 is 4.82. The summed E-state index contributed by atoms with van der Waals surface area (Å²) in [5, 5.41) is 9.43. The van der Waals surface area contributed by atoms with Crippen molar-refractivity contribution in [3.8, 4) is 0 Å². The fraction of sp³-hybridized carbons (Fsp3) is 0.0952. The number of carbonyl (C=O) groups is 1. The van der Waals surface area contributed by atoms with Crippen molar-refractivity contribution in [3.05, 3.63) is 81.7 Å². The number of Topliss-reactive ketones (excluding diaryl/α,β-unsaturated/α-hetero) is 1. The second-order valence-electron chi connectivity index (χ2n) is 6.62. The smallest absolute Gasteiger partial charge is 0.211 e. The van der Waals surface area contributed by atoms with Gasteiger partial charge >= 0.3 is 0 Å². The quantitative estimate of drug-likeness (QED) is 0.448. The van der Waals surface area contributed by atoms with E-state index in [-0.39, 0.29) is 5.78 Å². The first kappa shape index (κ1) is 16.2. The average molecular weight is 419 g/mol. The molecule has 5 rings (SSSR count). The highest BCUT2D eigenvalue weighted by atomic mass is 79.9. The topological polar surface area (TPSA) is 52.7 Å². The predicted molar refractivity (Wildman–Crippen MR) is 108 cm³/mol. The summed E-state index contributed by atoms with van der Waals surface area (Å²) in [6.45, 7) is 2.71. The fourth-order valence-electron chi connectivity index (χ4n) is 3.68. The summed E-state index contributed by atoms with van der Waals surface area (Å²) in [7, 11) is 0. The Morgan fingerprint density at radius 3 is 2.70 bits per heavy atom. The summed E-state index contributed by atoms with van der Waals surface area (Å²) in [6.07, 6.45) is 3.66. The van der Waals surface area contributed by atoms with Crippen LogP contribution in [-0.2, 0) is 6.54 Å². The molecule has 0 bridgehead atoms. The molecule has 0 N–H and O–H groups in total. The van der Waals surface area contributed by atoms with Gasteiger partial charge in [0.25, 0.3) is 0 Å². The summed E-state index contributed by atoms with van der Waals surface area (Å²) in [5.74, 6) is -0.0765. The third-order valence-electron chi connectivity index (χ3n) is 5.05. The van der Waals surface area contributed by atoms with Crippen LogP contribution in [0.25, 0.3) is 22.7 Å². The third-order valence-corrected chi connectivity index (χ3v) is 5.58. The molecular weight excluding hydrogens is 404 g/mol. The van der Waals surface area contributed by atoms with Crippen LogP contribution in [-0.4, -0.2) is 25.3 Å². The van der Waals surface area contributed by atoms with Crippen LogP contribution in [0.1, 0.15) is 27.3 Å². The molecule has 4 aromatic rings. The van der Waals surface area contributed by atoms with E-state index in [4.69, 9.17) is 0 Å². The molecule has 2 aromatic heterocycles. The molecular formula is C21H15BrN4O. The van der Waals surface area contributed by atoms with Crippen LogP contribution in [0.2, 0.25) is 0 Å². The molecule has 0 unspecified atom stereocenters. The second-order valence-corrected chi connectivity index (χ2v) is 7.53. The van der Waals surface area contributed by atoms with E-state index in [1.165, 1.54) is 5.39 Å². The van der Waals surface area contributed by atoms with Crippen LogP contribution in [0.4, 0.5) is 0 Å². The first-order valence-corrected chi connectivity index (χ1v) is 9.42. The monoisotopic (exact) mass is 418 g/mol. The Labute approximate surface area is 164 Å². The molecule has 1 aliphatic heterocycles. The van der Waals surface area contributed by atoms with E-state index in [1.807, 2.05) is 42.5 Å². The Morgan fingerprint density at radius 2 is 1.89 bits per heavy atom. The molecule has 5 nitrogen and oxygen atoms in total. The van der Waals surface area contributed by atoms with Gasteiger partial charge < -0.3 is 4.57 Å². The average Bonchev–Trinajstić information content (AvgIpc) is 3.20. The molecule has 0 saturated carbocycles. The van der Waals surface area contributed by atoms with Gasteiger partial charge in [0.2, 0.25) is 5.78 Å². The number of halogens is 1. The largest absolute Gasteiger partial charge is 0.335 e. The van der Waals surface area contributed by atoms with Crippen LogP contribution in [0, 0.1) is 6.92 Å². The number of aromatic nitrogens is 4. The van der Waals surface area contributed by atoms with Crippen molar-refractivity contribution in [1.29, 1.82) is 0 Å². The van der Waals surface area contributed by atoms with Gasteiger partial charge in [-0.2, -0.15) is 0 Å². The number of ketones is 1. The van der Waals surface area contributed by atoms with Crippen molar-refractivity contribution in [2.45, 2.75) is 13.5 Å². The van der Waals surface area contributed by atoms with Crippen LogP contribution in [0.5, 0.6) is 0 Å². The maximum atomic E-state index is 13.3. The number of carbonyl (C=O) groups excluding carboxylic acids is 1. The zero-order valence-electron chi connectivity index (χ0n) is 14.6. The zero-order valence-corrected chi connectivity index (χ0v) is 16.1. The highest BCUT2D eigenvalue weighted by Crippen LogP contribution is 2.32. The van der Waals surface area contributed by atoms with Gasteiger partial charge in [-0.3, -0.25) is 4.79 Å². The van der Waals surface area contributed by atoms with Crippen molar-refractivity contribution in [1.82, 2.24) is 19.6 Å². The predicted octanol–water partition coefficient (Wildman–Crippen LogP) is 4.55.